The topological polar surface area (TPSA) is 12.5 Å². The zero-order chi connectivity index (χ0) is 31.6. The molecule has 0 bridgehead atoms. The van der Waals surface area contributed by atoms with Gasteiger partial charge in [0, 0.05) is 35.9 Å². The molecule has 5 aromatic rings. The minimum Gasteiger partial charge on any atom is -0.488 e. The Hall–Kier alpha value is -3.87. The van der Waals surface area contributed by atoms with E-state index in [1.807, 2.05) is 0 Å². The smallest absolute Gasteiger partial charge is 0.127 e. The van der Waals surface area contributed by atoms with Crippen molar-refractivity contribution in [2.75, 3.05) is 18.0 Å². The van der Waals surface area contributed by atoms with Crippen LogP contribution < -0.4 is 14.9 Å². The summed E-state index contributed by atoms with van der Waals surface area (Å²) in [6.07, 6.45) is 7.87. The van der Waals surface area contributed by atoms with Crippen molar-refractivity contribution in [1.82, 2.24) is 0 Å². The highest BCUT2D eigenvalue weighted by molar-refractivity contribution is 7.49. The largest absolute Gasteiger partial charge is 0.488 e. The molecule has 1 fully saturated rings. The van der Waals surface area contributed by atoms with Gasteiger partial charge >= 0.3 is 0 Å². The molecule has 2 nitrogen and oxygen atoms in total. The highest BCUT2D eigenvalue weighted by Crippen LogP contribution is 2.51. The van der Waals surface area contributed by atoms with Crippen molar-refractivity contribution in [3.8, 4) is 5.75 Å². The fraction of sp³-hybridized carbons (Fsp3) is 0.302. The second-order valence-corrected chi connectivity index (χ2v) is 14.9. The van der Waals surface area contributed by atoms with E-state index in [0.717, 1.165) is 44.5 Å². The summed E-state index contributed by atoms with van der Waals surface area (Å²) in [4.78, 5) is 2.64. The molecule has 2 unspecified atom stereocenters. The Morgan fingerprint density at radius 1 is 0.652 bits per heavy atom. The van der Waals surface area contributed by atoms with Gasteiger partial charge in [-0.05, 0) is 71.3 Å². The highest BCUT2D eigenvalue weighted by atomic mass is 31.1. The molecule has 3 heteroatoms. The van der Waals surface area contributed by atoms with E-state index in [1.54, 1.807) is 0 Å². The van der Waals surface area contributed by atoms with Gasteiger partial charge in [-0.1, -0.05) is 150 Å². The number of anilines is 1. The standard InChI is InChI=1S/C43H48NOP/c1-3-26-43(2,46-41-25-15-14-24-40(41)44-27-16-7-17-28-44)39-32-37(29-34-18-8-4-9-19-34)31-38(30-35-20-10-5-11-21-35)42(39)45-33-36-22-12-6-13-23-36/h4-6,8-15,18-25,31-32,46H,3,7,16-17,26-30,33H2,1-2H3. The third-order valence-corrected chi connectivity index (χ3v) is 11.1. The van der Waals surface area contributed by atoms with Crippen molar-refractivity contribution in [2.45, 2.75) is 70.6 Å². The maximum absolute atomic E-state index is 7.00. The second kappa shape index (κ2) is 15.6. The van der Waals surface area contributed by atoms with Crippen LogP contribution >= 0.6 is 8.58 Å². The van der Waals surface area contributed by atoms with Crippen LogP contribution in [0.2, 0.25) is 0 Å². The highest BCUT2D eigenvalue weighted by Gasteiger charge is 2.33. The van der Waals surface area contributed by atoms with Crippen molar-refractivity contribution in [3.63, 3.8) is 0 Å². The molecule has 236 valence electrons. The van der Waals surface area contributed by atoms with Crippen LogP contribution in [0.5, 0.6) is 5.75 Å². The van der Waals surface area contributed by atoms with E-state index < -0.39 is 0 Å². The minimum atomic E-state index is -0.0786. The van der Waals surface area contributed by atoms with Gasteiger partial charge in [0.1, 0.15) is 12.4 Å². The average Bonchev–Trinajstić information content (AvgIpc) is 3.10. The quantitative estimate of drug-likeness (QED) is 0.121. The lowest BCUT2D eigenvalue weighted by molar-refractivity contribution is 0.296. The molecule has 46 heavy (non-hydrogen) atoms. The lowest BCUT2D eigenvalue weighted by atomic mass is 9.87. The predicted octanol–water partition coefficient (Wildman–Crippen LogP) is 10.5. The molecule has 0 N–H and O–H groups in total. The van der Waals surface area contributed by atoms with E-state index in [4.69, 9.17) is 4.74 Å². The van der Waals surface area contributed by atoms with E-state index in [0.29, 0.717) is 15.2 Å². The SMILES string of the molecule is CCCC(C)(Pc1ccccc1N1CCCCC1)c1cc(Cc2ccccc2)cc(Cc2ccccc2)c1OCc1ccccc1. The number of benzene rings is 5. The first kappa shape index (κ1) is 32.1. The van der Waals surface area contributed by atoms with Crippen molar-refractivity contribution in [3.05, 3.63) is 161 Å². The number of para-hydroxylation sites is 1. The summed E-state index contributed by atoms with van der Waals surface area (Å²) in [5.74, 6) is 1.07. The summed E-state index contributed by atoms with van der Waals surface area (Å²) in [7, 11) is 0.630. The van der Waals surface area contributed by atoms with Gasteiger partial charge in [-0.3, -0.25) is 0 Å². The predicted molar refractivity (Wildman–Crippen MR) is 198 cm³/mol. The molecule has 6 rings (SSSR count). The van der Waals surface area contributed by atoms with Crippen molar-refractivity contribution < 1.29 is 4.74 Å². The number of ether oxygens (including phenoxy) is 1. The van der Waals surface area contributed by atoms with Gasteiger partial charge in [-0.15, -0.1) is 0 Å². The molecule has 1 saturated heterocycles. The van der Waals surface area contributed by atoms with Crippen molar-refractivity contribution in [2.24, 2.45) is 0 Å². The van der Waals surface area contributed by atoms with E-state index in [9.17, 15) is 0 Å². The van der Waals surface area contributed by atoms with Gasteiger partial charge in [-0.2, -0.15) is 0 Å². The molecule has 1 aliphatic rings. The number of rotatable bonds is 13. The molecule has 0 aromatic heterocycles. The zero-order valence-electron chi connectivity index (χ0n) is 27.6. The average molecular weight is 626 g/mol. The first-order valence-electron chi connectivity index (χ1n) is 17.1. The molecular formula is C43H48NOP. The lowest BCUT2D eigenvalue weighted by Crippen LogP contribution is -2.33. The molecule has 1 heterocycles. The van der Waals surface area contributed by atoms with E-state index in [-0.39, 0.29) is 5.16 Å². The molecule has 1 aliphatic heterocycles. The van der Waals surface area contributed by atoms with Crippen LogP contribution in [0.25, 0.3) is 0 Å². The van der Waals surface area contributed by atoms with E-state index in [2.05, 4.69) is 146 Å². The molecular weight excluding hydrogens is 577 g/mol. The summed E-state index contributed by atoms with van der Waals surface area (Å²) < 4.78 is 7.00. The van der Waals surface area contributed by atoms with Gasteiger partial charge in [0.25, 0.3) is 0 Å². The van der Waals surface area contributed by atoms with E-state index >= 15 is 0 Å². The first-order chi connectivity index (χ1) is 22.6. The Morgan fingerprint density at radius 3 is 1.89 bits per heavy atom. The van der Waals surface area contributed by atoms with Crippen LogP contribution in [-0.2, 0) is 24.6 Å². The Kier molecular flexibility index (Phi) is 10.9. The maximum atomic E-state index is 7.00. The third-order valence-electron chi connectivity index (χ3n) is 9.30. The summed E-state index contributed by atoms with van der Waals surface area (Å²) in [5.41, 5.74) is 9.27. The van der Waals surface area contributed by atoms with Crippen LogP contribution in [-0.4, -0.2) is 13.1 Å². The van der Waals surface area contributed by atoms with Crippen LogP contribution in [0.3, 0.4) is 0 Å². The van der Waals surface area contributed by atoms with E-state index in [1.165, 1.54) is 63.6 Å². The molecule has 0 radical (unpaired) electrons. The Bertz CT molecular complexity index is 1660. The van der Waals surface area contributed by atoms with Crippen LogP contribution in [0, 0.1) is 0 Å². The summed E-state index contributed by atoms with van der Waals surface area (Å²) in [6, 6.07) is 46.5. The molecule has 0 aliphatic carbocycles. The number of nitrogens with zero attached hydrogens (tertiary/aromatic N) is 1. The molecule has 0 amide bonds. The third kappa shape index (κ3) is 8.09. The Labute approximate surface area is 278 Å². The summed E-state index contributed by atoms with van der Waals surface area (Å²) in [5, 5.41) is 1.40. The summed E-state index contributed by atoms with van der Waals surface area (Å²) >= 11 is 0. The lowest BCUT2D eigenvalue weighted by Gasteiger charge is -2.36. The van der Waals surface area contributed by atoms with Gasteiger partial charge < -0.3 is 9.64 Å². The van der Waals surface area contributed by atoms with Gasteiger partial charge in [0.2, 0.25) is 0 Å². The first-order valence-corrected chi connectivity index (χ1v) is 18.1. The zero-order valence-corrected chi connectivity index (χ0v) is 28.6. The van der Waals surface area contributed by atoms with Crippen LogP contribution in [0.1, 0.15) is 79.3 Å². The molecule has 0 saturated carbocycles. The van der Waals surface area contributed by atoms with Gasteiger partial charge in [-0.25, -0.2) is 0 Å². The maximum Gasteiger partial charge on any atom is 0.127 e. The number of hydrogen-bond acceptors (Lipinski definition) is 2. The number of piperidine rings is 1. The van der Waals surface area contributed by atoms with Crippen molar-refractivity contribution in [1.29, 1.82) is 0 Å². The fourth-order valence-electron chi connectivity index (χ4n) is 7.00. The number of hydrogen-bond donors (Lipinski definition) is 0. The Morgan fingerprint density at radius 2 is 1.24 bits per heavy atom. The Balaban J connectivity index is 1.48. The molecule has 5 aromatic carbocycles. The minimum absolute atomic E-state index is 0.0786. The molecule has 0 spiro atoms. The fourth-order valence-corrected chi connectivity index (χ4v) is 8.84. The summed E-state index contributed by atoms with van der Waals surface area (Å²) in [6.45, 7) is 7.72. The second-order valence-electron chi connectivity index (χ2n) is 13.0. The van der Waals surface area contributed by atoms with Crippen LogP contribution in [0.15, 0.2) is 127 Å². The van der Waals surface area contributed by atoms with Crippen molar-refractivity contribution >= 4 is 19.6 Å². The molecule has 2 atom stereocenters. The monoisotopic (exact) mass is 625 g/mol. The van der Waals surface area contributed by atoms with Crippen LogP contribution in [0.4, 0.5) is 5.69 Å². The normalized spacial score (nSPS) is 14.8. The van der Waals surface area contributed by atoms with Gasteiger partial charge in [0.15, 0.2) is 0 Å². The van der Waals surface area contributed by atoms with Gasteiger partial charge in [0.05, 0.1) is 0 Å².